The highest BCUT2D eigenvalue weighted by atomic mass is 35.5. The molecule has 2 aromatic rings. The van der Waals surface area contributed by atoms with E-state index in [0.29, 0.717) is 17.6 Å². The van der Waals surface area contributed by atoms with Crippen molar-refractivity contribution in [3.63, 3.8) is 0 Å². The molecule has 2 aromatic carbocycles. The quantitative estimate of drug-likeness (QED) is 0.482. The second-order valence-corrected chi connectivity index (χ2v) is 4.54. The number of non-ortho nitro benzene ring substituents is 1. The zero-order chi connectivity index (χ0) is 14.7. The molecule has 0 bridgehead atoms. The summed E-state index contributed by atoms with van der Waals surface area (Å²) in [5.41, 5.74) is 1.19. The lowest BCUT2D eigenvalue weighted by molar-refractivity contribution is -0.384. The minimum atomic E-state index is -0.543. The van der Waals surface area contributed by atoms with Gasteiger partial charge in [0, 0.05) is 12.1 Å². The van der Waals surface area contributed by atoms with Crippen molar-refractivity contribution in [1.82, 2.24) is 0 Å². The summed E-state index contributed by atoms with van der Waals surface area (Å²) in [6, 6.07) is 9.01. The van der Waals surface area contributed by atoms with Gasteiger partial charge in [-0.25, -0.2) is 0 Å². The molecule has 5 nitrogen and oxygen atoms in total. The zero-order valence-electron chi connectivity index (χ0n) is 10.5. The maximum atomic E-state index is 11.0. The fourth-order valence-corrected chi connectivity index (χ4v) is 1.87. The number of carbonyl (C=O) groups is 1. The Kier molecular flexibility index (Phi) is 4.00. The second-order valence-electron chi connectivity index (χ2n) is 4.13. The van der Waals surface area contributed by atoms with Crippen LogP contribution in [0.25, 0.3) is 0 Å². The van der Waals surface area contributed by atoms with Crippen molar-refractivity contribution in [3.05, 3.63) is 62.7 Å². The van der Waals surface area contributed by atoms with Gasteiger partial charge in [-0.2, -0.15) is 0 Å². The molecule has 0 spiro atoms. The number of aryl methyl sites for hydroxylation is 1. The van der Waals surface area contributed by atoms with Crippen LogP contribution in [-0.4, -0.2) is 11.2 Å². The van der Waals surface area contributed by atoms with Crippen LogP contribution in [0.5, 0.6) is 11.5 Å². The molecular weight excluding hydrogens is 282 g/mol. The Bertz CT molecular complexity index is 685. The lowest BCUT2D eigenvalue weighted by atomic mass is 10.1. The van der Waals surface area contributed by atoms with Gasteiger partial charge >= 0.3 is 0 Å². The third kappa shape index (κ3) is 2.95. The minimum Gasteiger partial charge on any atom is -0.455 e. The highest BCUT2D eigenvalue weighted by Gasteiger charge is 2.12. The van der Waals surface area contributed by atoms with Crippen molar-refractivity contribution in [2.75, 3.05) is 0 Å². The Labute approximate surface area is 119 Å². The maximum absolute atomic E-state index is 11.0. The van der Waals surface area contributed by atoms with Gasteiger partial charge in [0.15, 0.2) is 6.29 Å². The summed E-state index contributed by atoms with van der Waals surface area (Å²) in [6.07, 6.45) is 0.682. The second kappa shape index (κ2) is 5.71. The fraction of sp³-hybridized carbons (Fsp3) is 0.0714. The van der Waals surface area contributed by atoms with Crippen LogP contribution < -0.4 is 4.74 Å². The number of hydrogen-bond acceptors (Lipinski definition) is 4. The molecule has 0 saturated heterocycles. The van der Waals surface area contributed by atoms with Crippen LogP contribution in [0, 0.1) is 17.0 Å². The summed E-state index contributed by atoms with van der Waals surface area (Å²) in [5, 5.41) is 10.7. The van der Waals surface area contributed by atoms with E-state index in [2.05, 4.69) is 0 Å². The summed E-state index contributed by atoms with van der Waals surface area (Å²) in [5.74, 6) is 0.602. The normalized spacial score (nSPS) is 10.1. The van der Waals surface area contributed by atoms with Gasteiger partial charge in [0.2, 0.25) is 0 Å². The van der Waals surface area contributed by atoms with E-state index in [1.54, 1.807) is 18.2 Å². The monoisotopic (exact) mass is 291 g/mol. The van der Waals surface area contributed by atoms with Crippen molar-refractivity contribution < 1.29 is 14.5 Å². The van der Waals surface area contributed by atoms with Crippen molar-refractivity contribution in [2.45, 2.75) is 6.92 Å². The molecule has 0 radical (unpaired) electrons. The van der Waals surface area contributed by atoms with Crippen molar-refractivity contribution >= 4 is 23.6 Å². The molecule has 102 valence electrons. The summed E-state index contributed by atoms with van der Waals surface area (Å²) in [6.45, 7) is 1.86. The molecule has 6 heteroatoms. The van der Waals surface area contributed by atoms with Gasteiger partial charge in [0.25, 0.3) is 5.69 Å². The zero-order valence-corrected chi connectivity index (χ0v) is 11.3. The minimum absolute atomic E-state index is 0.108. The molecule has 0 aliphatic carbocycles. The first-order chi connectivity index (χ1) is 9.51. The smallest absolute Gasteiger partial charge is 0.271 e. The Morgan fingerprint density at radius 1 is 1.20 bits per heavy atom. The van der Waals surface area contributed by atoms with E-state index in [4.69, 9.17) is 16.3 Å². The van der Waals surface area contributed by atoms with Gasteiger partial charge < -0.3 is 4.74 Å². The topological polar surface area (TPSA) is 69.4 Å². The lowest BCUT2D eigenvalue weighted by Gasteiger charge is -2.09. The van der Waals surface area contributed by atoms with Crippen LogP contribution in [0.2, 0.25) is 5.02 Å². The number of benzene rings is 2. The van der Waals surface area contributed by atoms with Crippen molar-refractivity contribution in [1.29, 1.82) is 0 Å². The predicted molar refractivity (Wildman–Crippen MR) is 74.7 cm³/mol. The number of nitrogens with zero attached hydrogens (tertiary/aromatic N) is 1. The standard InChI is InChI=1S/C14H10ClNO4/c1-9-2-4-13(10(6-9)8-17)20-14-5-3-11(16(18)19)7-12(14)15/h2-8H,1H3. The van der Waals surface area contributed by atoms with Gasteiger partial charge in [-0.1, -0.05) is 23.2 Å². The summed E-state index contributed by atoms with van der Waals surface area (Å²) >= 11 is 5.93. The molecule has 0 atom stereocenters. The van der Waals surface area contributed by atoms with Crippen molar-refractivity contribution in [2.24, 2.45) is 0 Å². The van der Waals surface area contributed by atoms with Crippen LogP contribution in [0.15, 0.2) is 36.4 Å². The largest absolute Gasteiger partial charge is 0.455 e. The van der Waals surface area contributed by atoms with Crippen LogP contribution in [-0.2, 0) is 0 Å². The summed E-state index contributed by atoms with van der Waals surface area (Å²) < 4.78 is 5.54. The van der Waals surface area contributed by atoms with E-state index in [-0.39, 0.29) is 16.5 Å². The van der Waals surface area contributed by atoms with Crippen LogP contribution in [0.1, 0.15) is 15.9 Å². The van der Waals surface area contributed by atoms with E-state index >= 15 is 0 Å². The van der Waals surface area contributed by atoms with Crippen LogP contribution in [0.3, 0.4) is 0 Å². The van der Waals surface area contributed by atoms with Gasteiger partial charge in [-0.05, 0) is 25.1 Å². The van der Waals surface area contributed by atoms with E-state index in [9.17, 15) is 14.9 Å². The molecule has 0 unspecified atom stereocenters. The van der Waals surface area contributed by atoms with E-state index in [1.165, 1.54) is 18.2 Å². The van der Waals surface area contributed by atoms with Gasteiger partial charge in [0.05, 0.1) is 15.5 Å². The number of ether oxygens (including phenoxy) is 1. The number of hydrogen-bond donors (Lipinski definition) is 0. The molecule has 0 aromatic heterocycles. The number of halogens is 1. The number of aldehydes is 1. The average molecular weight is 292 g/mol. The first-order valence-corrected chi connectivity index (χ1v) is 6.06. The fourth-order valence-electron chi connectivity index (χ4n) is 1.66. The number of nitro groups is 1. The Hall–Kier alpha value is -2.40. The maximum Gasteiger partial charge on any atom is 0.271 e. The Morgan fingerprint density at radius 3 is 2.50 bits per heavy atom. The molecule has 0 heterocycles. The third-order valence-corrected chi connectivity index (χ3v) is 2.93. The molecular formula is C14H10ClNO4. The Balaban J connectivity index is 2.35. The average Bonchev–Trinajstić information content (AvgIpc) is 2.42. The van der Waals surface area contributed by atoms with Crippen LogP contribution >= 0.6 is 11.6 Å². The van der Waals surface area contributed by atoms with Gasteiger partial charge in [-0.15, -0.1) is 0 Å². The number of carbonyl (C=O) groups excluding carboxylic acids is 1. The molecule has 0 fully saturated rings. The van der Waals surface area contributed by atoms with E-state index in [0.717, 1.165) is 5.56 Å². The lowest BCUT2D eigenvalue weighted by Crippen LogP contribution is -1.93. The third-order valence-electron chi connectivity index (χ3n) is 2.64. The number of nitro benzene ring substituents is 1. The molecule has 0 aliphatic rings. The van der Waals surface area contributed by atoms with Crippen LogP contribution in [0.4, 0.5) is 5.69 Å². The molecule has 0 saturated carbocycles. The van der Waals surface area contributed by atoms with Crippen molar-refractivity contribution in [3.8, 4) is 11.5 Å². The summed E-state index contributed by atoms with van der Waals surface area (Å²) in [7, 11) is 0. The molecule has 0 aliphatic heterocycles. The Morgan fingerprint density at radius 2 is 1.90 bits per heavy atom. The summed E-state index contributed by atoms with van der Waals surface area (Å²) in [4.78, 5) is 21.1. The number of rotatable bonds is 4. The highest BCUT2D eigenvalue weighted by Crippen LogP contribution is 2.33. The molecule has 2 rings (SSSR count). The highest BCUT2D eigenvalue weighted by molar-refractivity contribution is 6.32. The molecule has 20 heavy (non-hydrogen) atoms. The first-order valence-electron chi connectivity index (χ1n) is 5.69. The van der Waals surface area contributed by atoms with E-state index < -0.39 is 4.92 Å². The molecule has 0 amide bonds. The van der Waals surface area contributed by atoms with E-state index in [1.807, 2.05) is 6.92 Å². The molecule has 0 N–H and O–H groups in total. The first kappa shape index (κ1) is 14.0. The van der Waals surface area contributed by atoms with Gasteiger partial charge in [0.1, 0.15) is 11.5 Å². The van der Waals surface area contributed by atoms with Gasteiger partial charge in [-0.3, -0.25) is 14.9 Å². The predicted octanol–water partition coefficient (Wildman–Crippen LogP) is 4.16. The SMILES string of the molecule is Cc1ccc(Oc2ccc([N+](=O)[O-])cc2Cl)c(C=O)c1.